The van der Waals surface area contributed by atoms with E-state index >= 15 is 0 Å². The molecule has 5 nitrogen and oxygen atoms in total. The molecule has 0 unspecified atom stereocenters. The molecule has 0 aliphatic rings. The minimum atomic E-state index is -0.366. The Bertz CT molecular complexity index is 880. The summed E-state index contributed by atoms with van der Waals surface area (Å²) in [6, 6.07) is 19.0. The molecule has 2 aromatic carbocycles. The lowest BCUT2D eigenvalue weighted by Gasteiger charge is -2.15. The Morgan fingerprint density at radius 1 is 1.00 bits per heavy atom. The van der Waals surface area contributed by atoms with Gasteiger partial charge in [-0.25, -0.2) is 0 Å². The Balaban J connectivity index is 2.09. The molecule has 0 saturated carbocycles. The lowest BCUT2D eigenvalue weighted by Crippen LogP contribution is -2.08. The lowest BCUT2D eigenvalue weighted by atomic mass is 10.1. The van der Waals surface area contributed by atoms with Crippen molar-refractivity contribution < 1.29 is 4.92 Å². The van der Waals surface area contributed by atoms with Crippen molar-refractivity contribution in [1.29, 1.82) is 0 Å². The molecule has 0 bridgehead atoms. The molecule has 24 heavy (non-hydrogen) atoms. The van der Waals surface area contributed by atoms with E-state index in [2.05, 4.69) is 28.8 Å². The van der Waals surface area contributed by atoms with Gasteiger partial charge in [-0.05, 0) is 43.3 Å². The highest BCUT2D eigenvalue weighted by atomic mass is 16.6. The van der Waals surface area contributed by atoms with Crippen LogP contribution in [-0.4, -0.2) is 23.6 Å². The van der Waals surface area contributed by atoms with E-state index in [0.29, 0.717) is 0 Å². The lowest BCUT2D eigenvalue weighted by molar-refractivity contribution is -0.384. The zero-order valence-electron chi connectivity index (χ0n) is 13.9. The topological polar surface area (TPSA) is 51.3 Å². The summed E-state index contributed by atoms with van der Waals surface area (Å²) in [6.07, 6.45) is 0. The summed E-state index contributed by atoms with van der Waals surface area (Å²) >= 11 is 0. The molecule has 0 saturated heterocycles. The number of hydrogen-bond donors (Lipinski definition) is 0. The maximum Gasteiger partial charge on any atom is 0.270 e. The van der Waals surface area contributed by atoms with E-state index in [1.165, 1.54) is 6.07 Å². The van der Waals surface area contributed by atoms with Crippen LogP contribution in [0.25, 0.3) is 16.9 Å². The van der Waals surface area contributed by atoms with E-state index in [9.17, 15) is 10.1 Å². The van der Waals surface area contributed by atoms with E-state index in [4.69, 9.17) is 0 Å². The highest BCUT2D eigenvalue weighted by molar-refractivity contribution is 5.67. The van der Waals surface area contributed by atoms with Gasteiger partial charge in [-0.3, -0.25) is 10.1 Å². The van der Waals surface area contributed by atoms with Gasteiger partial charge in [-0.2, -0.15) is 0 Å². The van der Waals surface area contributed by atoms with Crippen molar-refractivity contribution in [1.82, 2.24) is 4.57 Å². The van der Waals surface area contributed by atoms with E-state index in [-0.39, 0.29) is 10.6 Å². The maximum absolute atomic E-state index is 11.0. The van der Waals surface area contributed by atoms with E-state index < -0.39 is 0 Å². The van der Waals surface area contributed by atoms with Crippen molar-refractivity contribution in [2.75, 3.05) is 19.0 Å². The zero-order chi connectivity index (χ0) is 17.3. The number of nitro benzene ring substituents is 1. The second kappa shape index (κ2) is 6.20. The zero-order valence-corrected chi connectivity index (χ0v) is 13.9. The van der Waals surface area contributed by atoms with Crippen molar-refractivity contribution >= 4 is 11.4 Å². The van der Waals surface area contributed by atoms with Gasteiger partial charge in [0, 0.05) is 48.9 Å². The number of nitro groups is 1. The van der Waals surface area contributed by atoms with E-state index in [0.717, 1.165) is 28.3 Å². The molecular formula is C19H19N3O2. The van der Waals surface area contributed by atoms with E-state index in [1.807, 2.05) is 44.1 Å². The average Bonchev–Trinajstić information content (AvgIpc) is 2.96. The van der Waals surface area contributed by atoms with Crippen molar-refractivity contribution in [2.24, 2.45) is 0 Å². The Labute approximate surface area is 140 Å². The third-order valence-electron chi connectivity index (χ3n) is 4.05. The number of aryl methyl sites for hydroxylation is 1. The molecule has 0 fully saturated rings. The van der Waals surface area contributed by atoms with Gasteiger partial charge in [0.05, 0.1) is 10.6 Å². The van der Waals surface area contributed by atoms with Gasteiger partial charge < -0.3 is 9.47 Å². The second-order valence-corrected chi connectivity index (χ2v) is 5.91. The van der Waals surface area contributed by atoms with Gasteiger partial charge in [0.15, 0.2) is 0 Å². The molecule has 1 aromatic heterocycles. The van der Waals surface area contributed by atoms with Crippen LogP contribution in [0.15, 0.2) is 60.7 Å². The predicted molar refractivity (Wildman–Crippen MR) is 96.9 cm³/mol. The van der Waals surface area contributed by atoms with Crippen molar-refractivity contribution in [3.05, 3.63) is 76.5 Å². The van der Waals surface area contributed by atoms with Crippen LogP contribution in [0, 0.1) is 17.0 Å². The van der Waals surface area contributed by atoms with Gasteiger partial charge in [0.1, 0.15) is 0 Å². The number of aromatic nitrogens is 1. The van der Waals surface area contributed by atoms with Crippen LogP contribution in [0.5, 0.6) is 0 Å². The third-order valence-corrected chi connectivity index (χ3v) is 4.05. The quantitative estimate of drug-likeness (QED) is 0.528. The minimum Gasteiger partial charge on any atom is -0.378 e. The standard InChI is InChI=1S/C19H19N3O2/c1-14-7-12-19(15-5-4-6-18(13-15)22(23)24)21(14)17-10-8-16(9-11-17)20(2)3/h4-13H,1-3H3. The first-order chi connectivity index (χ1) is 11.5. The molecule has 122 valence electrons. The van der Waals surface area contributed by atoms with Crippen LogP contribution in [0.2, 0.25) is 0 Å². The number of anilines is 1. The van der Waals surface area contributed by atoms with Gasteiger partial charge in [0.2, 0.25) is 0 Å². The molecular weight excluding hydrogens is 302 g/mol. The van der Waals surface area contributed by atoms with Crippen LogP contribution >= 0.6 is 0 Å². The highest BCUT2D eigenvalue weighted by Gasteiger charge is 2.13. The molecule has 3 rings (SSSR count). The SMILES string of the molecule is Cc1ccc(-c2cccc([N+](=O)[O-])c2)n1-c1ccc(N(C)C)cc1. The molecule has 0 aliphatic carbocycles. The fourth-order valence-electron chi connectivity index (χ4n) is 2.79. The summed E-state index contributed by atoms with van der Waals surface area (Å²) in [7, 11) is 4.01. The molecule has 1 heterocycles. The average molecular weight is 321 g/mol. The molecule has 0 spiro atoms. The molecule has 5 heteroatoms. The number of rotatable bonds is 4. The van der Waals surface area contributed by atoms with Crippen LogP contribution < -0.4 is 4.90 Å². The van der Waals surface area contributed by atoms with Gasteiger partial charge in [-0.15, -0.1) is 0 Å². The first kappa shape index (κ1) is 15.8. The number of non-ortho nitro benzene ring substituents is 1. The Morgan fingerprint density at radius 3 is 2.33 bits per heavy atom. The normalized spacial score (nSPS) is 10.6. The number of nitrogens with zero attached hydrogens (tertiary/aromatic N) is 3. The Hall–Kier alpha value is -3.08. The molecule has 0 N–H and O–H groups in total. The first-order valence-corrected chi connectivity index (χ1v) is 7.68. The third kappa shape index (κ3) is 2.88. The van der Waals surface area contributed by atoms with Gasteiger partial charge in [0.25, 0.3) is 5.69 Å². The van der Waals surface area contributed by atoms with Crippen molar-refractivity contribution in [3.63, 3.8) is 0 Å². The summed E-state index contributed by atoms with van der Waals surface area (Å²) in [5.41, 5.74) is 5.10. The molecule has 0 radical (unpaired) electrons. The highest BCUT2D eigenvalue weighted by Crippen LogP contribution is 2.29. The van der Waals surface area contributed by atoms with Gasteiger partial charge >= 0.3 is 0 Å². The summed E-state index contributed by atoms with van der Waals surface area (Å²) in [4.78, 5) is 12.7. The monoisotopic (exact) mass is 321 g/mol. The molecule has 3 aromatic rings. The van der Waals surface area contributed by atoms with Crippen molar-refractivity contribution in [3.8, 4) is 16.9 Å². The van der Waals surface area contributed by atoms with Crippen LogP contribution in [0.3, 0.4) is 0 Å². The van der Waals surface area contributed by atoms with E-state index in [1.54, 1.807) is 12.1 Å². The first-order valence-electron chi connectivity index (χ1n) is 7.68. The number of benzene rings is 2. The van der Waals surface area contributed by atoms with Gasteiger partial charge in [-0.1, -0.05) is 12.1 Å². The fraction of sp³-hybridized carbons (Fsp3) is 0.158. The smallest absolute Gasteiger partial charge is 0.270 e. The van der Waals surface area contributed by atoms with Crippen LogP contribution in [-0.2, 0) is 0 Å². The Kier molecular flexibility index (Phi) is 4.08. The Morgan fingerprint density at radius 2 is 1.71 bits per heavy atom. The predicted octanol–water partition coefficient (Wildman–Crippen LogP) is 4.43. The largest absolute Gasteiger partial charge is 0.378 e. The summed E-state index contributed by atoms with van der Waals surface area (Å²) in [6.45, 7) is 2.03. The maximum atomic E-state index is 11.0. The van der Waals surface area contributed by atoms with Crippen LogP contribution in [0.4, 0.5) is 11.4 Å². The molecule has 0 atom stereocenters. The van der Waals surface area contributed by atoms with Crippen molar-refractivity contribution in [2.45, 2.75) is 6.92 Å². The second-order valence-electron chi connectivity index (χ2n) is 5.91. The number of hydrogen-bond acceptors (Lipinski definition) is 3. The van der Waals surface area contributed by atoms with Crippen LogP contribution in [0.1, 0.15) is 5.69 Å². The summed E-state index contributed by atoms with van der Waals surface area (Å²) in [5, 5.41) is 11.0. The minimum absolute atomic E-state index is 0.0980. The molecule has 0 aliphatic heterocycles. The summed E-state index contributed by atoms with van der Waals surface area (Å²) < 4.78 is 2.11. The fourth-order valence-corrected chi connectivity index (χ4v) is 2.79. The molecule has 0 amide bonds. The summed E-state index contributed by atoms with van der Waals surface area (Å²) in [5.74, 6) is 0.